The fraction of sp³-hybridized carbons (Fsp3) is 0.455. The predicted octanol–water partition coefficient (Wildman–Crippen LogP) is 2.08. The van der Waals surface area contributed by atoms with Gasteiger partial charge in [0.2, 0.25) is 0 Å². The van der Waals surface area contributed by atoms with Crippen LogP contribution in [0.5, 0.6) is 0 Å². The normalized spacial score (nSPS) is 10.3. The molecular formula is C11H18N2. The highest BCUT2D eigenvalue weighted by molar-refractivity contribution is 5.48. The molecule has 0 aliphatic carbocycles. The van der Waals surface area contributed by atoms with E-state index in [-0.39, 0.29) is 0 Å². The standard InChI is InChI=1S/C11H18N2/c1-3-6-13-8-10-5-4-9(2)11(12)7-10/h4-5,7,13H,3,6,8,12H2,1-2H3. The van der Waals surface area contributed by atoms with Gasteiger partial charge in [-0.1, -0.05) is 19.1 Å². The van der Waals surface area contributed by atoms with Crippen molar-refractivity contribution in [2.75, 3.05) is 12.3 Å². The van der Waals surface area contributed by atoms with Gasteiger partial charge < -0.3 is 11.1 Å². The maximum atomic E-state index is 5.80. The van der Waals surface area contributed by atoms with Crippen LogP contribution in [-0.4, -0.2) is 6.54 Å². The van der Waals surface area contributed by atoms with E-state index in [4.69, 9.17) is 5.73 Å². The molecule has 72 valence electrons. The van der Waals surface area contributed by atoms with Crippen molar-refractivity contribution in [2.24, 2.45) is 0 Å². The highest BCUT2D eigenvalue weighted by Gasteiger charge is 1.95. The lowest BCUT2D eigenvalue weighted by molar-refractivity contribution is 0.675. The van der Waals surface area contributed by atoms with Crippen LogP contribution in [0, 0.1) is 6.92 Å². The van der Waals surface area contributed by atoms with Gasteiger partial charge >= 0.3 is 0 Å². The van der Waals surface area contributed by atoms with Crippen LogP contribution in [0.3, 0.4) is 0 Å². The van der Waals surface area contributed by atoms with E-state index in [9.17, 15) is 0 Å². The molecule has 0 saturated heterocycles. The molecule has 13 heavy (non-hydrogen) atoms. The average Bonchev–Trinajstić information content (AvgIpc) is 2.12. The summed E-state index contributed by atoms with van der Waals surface area (Å²) in [6.45, 7) is 6.17. The van der Waals surface area contributed by atoms with Crippen LogP contribution in [0.4, 0.5) is 5.69 Å². The number of anilines is 1. The monoisotopic (exact) mass is 178 g/mol. The Morgan fingerprint density at radius 2 is 2.15 bits per heavy atom. The van der Waals surface area contributed by atoms with Crippen LogP contribution < -0.4 is 11.1 Å². The number of nitrogens with one attached hydrogen (secondary N) is 1. The lowest BCUT2D eigenvalue weighted by atomic mass is 10.1. The first-order valence-corrected chi connectivity index (χ1v) is 4.79. The minimum absolute atomic E-state index is 0.885. The molecule has 0 aliphatic rings. The van der Waals surface area contributed by atoms with Crippen molar-refractivity contribution in [3.63, 3.8) is 0 Å². The Balaban J connectivity index is 2.53. The van der Waals surface area contributed by atoms with Crippen LogP contribution in [0.15, 0.2) is 18.2 Å². The summed E-state index contributed by atoms with van der Waals surface area (Å²) in [6.07, 6.45) is 1.17. The number of rotatable bonds is 4. The zero-order chi connectivity index (χ0) is 9.68. The highest BCUT2D eigenvalue weighted by Crippen LogP contribution is 2.12. The first-order valence-electron chi connectivity index (χ1n) is 4.79. The lowest BCUT2D eigenvalue weighted by Gasteiger charge is -2.05. The Morgan fingerprint density at radius 3 is 2.77 bits per heavy atom. The van der Waals surface area contributed by atoms with Gasteiger partial charge in [0, 0.05) is 12.2 Å². The Morgan fingerprint density at radius 1 is 1.38 bits per heavy atom. The zero-order valence-electron chi connectivity index (χ0n) is 8.43. The second-order valence-corrected chi connectivity index (χ2v) is 3.37. The van der Waals surface area contributed by atoms with Crippen molar-refractivity contribution in [2.45, 2.75) is 26.8 Å². The second-order valence-electron chi connectivity index (χ2n) is 3.37. The van der Waals surface area contributed by atoms with Crippen LogP contribution in [0.1, 0.15) is 24.5 Å². The number of nitrogen functional groups attached to an aromatic ring is 1. The third kappa shape index (κ3) is 3.07. The van der Waals surface area contributed by atoms with Crippen molar-refractivity contribution in [1.82, 2.24) is 5.32 Å². The molecule has 0 aliphatic heterocycles. The fourth-order valence-corrected chi connectivity index (χ4v) is 1.21. The Kier molecular flexibility index (Phi) is 3.77. The summed E-state index contributed by atoms with van der Waals surface area (Å²) >= 11 is 0. The maximum Gasteiger partial charge on any atom is 0.0346 e. The molecule has 0 fully saturated rings. The van der Waals surface area contributed by atoms with Crippen LogP contribution >= 0.6 is 0 Å². The van der Waals surface area contributed by atoms with E-state index in [0.29, 0.717) is 0 Å². The quantitative estimate of drug-likeness (QED) is 0.547. The summed E-state index contributed by atoms with van der Waals surface area (Å²) in [5.41, 5.74) is 9.09. The van der Waals surface area contributed by atoms with E-state index in [0.717, 1.165) is 24.3 Å². The molecule has 0 bridgehead atoms. The van der Waals surface area contributed by atoms with Crippen molar-refractivity contribution >= 4 is 5.69 Å². The van der Waals surface area contributed by atoms with E-state index in [2.05, 4.69) is 24.4 Å². The molecular weight excluding hydrogens is 160 g/mol. The molecule has 0 heterocycles. The van der Waals surface area contributed by atoms with Gasteiger partial charge in [-0.25, -0.2) is 0 Å². The van der Waals surface area contributed by atoms with Gasteiger partial charge in [-0.3, -0.25) is 0 Å². The first kappa shape index (κ1) is 10.1. The number of hydrogen-bond acceptors (Lipinski definition) is 2. The van der Waals surface area contributed by atoms with E-state index < -0.39 is 0 Å². The van der Waals surface area contributed by atoms with E-state index in [1.807, 2.05) is 13.0 Å². The molecule has 0 amide bonds. The Hall–Kier alpha value is -1.02. The lowest BCUT2D eigenvalue weighted by Crippen LogP contribution is -2.13. The molecule has 0 spiro atoms. The molecule has 1 rings (SSSR count). The maximum absolute atomic E-state index is 5.80. The molecule has 2 nitrogen and oxygen atoms in total. The molecule has 0 atom stereocenters. The SMILES string of the molecule is CCCNCc1ccc(C)c(N)c1. The smallest absolute Gasteiger partial charge is 0.0346 e. The van der Waals surface area contributed by atoms with Crippen molar-refractivity contribution < 1.29 is 0 Å². The number of hydrogen-bond donors (Lipinski definition) is 2. The average molecular weight is 178 g/mol. The van der Waals surface area contributed by atoms with Gasteiger partial charge in [-0.05, 0) is 37.1 Å². The fourth-order valence-electron chi connectivity index (χ4n) is 1.21. The molecule has 1 aromatic carbocycles. The first-order chi connectivity index (χ1) is 6.24. The van der Waals surface area contributed by atoms with Gasteiger partial charge in [0.1, 0.15) is 0 Å². The molecule has 1 aromatic rings. The van der Waals surface area contributed by atoms with Crippen LogP contribution in [-0.2, 0) is 6.54 Å². The van der Waals surface area contributed by atoms with Gasteiger partial charge in [0.25, 0.3) is 0 Å². The van der Waals surface area contributed by atoms with Crippen molar-refractivity contribution in [3.05, 3.63) is 29.3 Å². The molecule has 3 N–H and O–H groups in total. The number of nitrogens with two attached hydrogens (primary N) is 1. The summed E-state index contributed by atoms with van der Waals surface area (Å²) in [5, 5.41) is 3.34. The van der Waals surface area contributed by atoms with E-state index in [1.54, 1.807) is 0 Å². The molecule has 0 aromatic heterocycles. The van der Waals surface area contributed by atoms with Crippen LogP contribution in [0.2, 0.25) is 0 Å². The van der Waals surface area contributed by atoms with Gasteiger partial charge in [0.05, 0.1) is 0 Å². The van der Waals surface area contributed by atoms with Crippen molar-refractivity contribution in [1.29, 1.82) is 0 Å². The van der Waals surface area contributed by atoms with Gasteiger partial charge in [0.15, 0.2) is 0 Å². The Labute approximate surface area is 80.1 Å². The summed E-state index contributed by atoms with van der Waals surface area (Å²) < 4.78 is 0. The number of benzene rings is 1. The summed E-state index contributed by atoms with van der Waals surface area (Å²) in [7, 11) is 0. The topological polar surface area (TPSA) is 38.0 Å². The third-order valence-corrected chi connectivity index (χ3v) is 2.10. The van der Waals surface area contributed by atoms with Gasteiger partial charge in [-0.15, -0.1) is 0 Å². The second kappa shape index (κ2) is 4.87. The van der Waals surface area contributed by atoms with Crippen molar-refractivity contribution in [3.8, 4) is 0 Å². The molecule has 0 unspecified atom stereocenters. The molecule has 2 heteroatoms. The molecule has 0 radical (unpaired) electrons. The molecule has 0 saturated carbocycles. The largest absolute Gasteiger partial charge is 0.399 e. The Bertz CT molecular complexity index is 269. The highest BCUT2D eigenvalue weighted by atomic mass is 14.8. The van der Waals surface area contributed by atoms with Gasteiger partial charge in [-0.2, -0.15) is 0 Å². The van der Waals surface area contributed by atoms with E-state index in [1.165, 1.54) is 12.0 Å². The van der Waals surface area contributed by atoms with Crippen LogP contribution in [0.25, 0.3) is 0 Å². The predicted molar refractivity (Wildman–Crippen MR) is 57.6 cm³/mol. The zero-order valence-corrected chi connectivity index (χ0v) is 8.43. The summed E-state index contributed by atoms with van der Waals surface area (Å²) in [5.74, 6) is 0. The number of aryl methyl sites for hydroxylation is 1. The minimum atomic E-state index is 0.885. The third-order valence-electron chi connectivity index (χ3n) is 2.10. The van der Waals surface area contributed by atoms with E-state index >= 15 is 0 Å². The minimum Gasteiger partial charge on any atom is -0.399 e. The summed E-state index contributed by atoms with van der Waals surface area (Å²) in [6, 6.07) is 6.23. The summed E-state index contributed by atoms with van der Waals surface area (Å²) in [4.78, 5) is 0.